The molecule has 0 bridgehead atoms. The van der Waals surface area contributed by atoms with Crippen molar-refractivity contribution < 1.29 is 0 Å². The molecule has 0 spiro atoms. The van der Waals surface area contributed by atoms with Crippen LogP contribution in [0, 0.1) is 5.92 Å². The van der Waals surface area contributed by atoms with Crippen LogP contribution in [-0.2, 0) is 13.6 Å². The highest BCUT2D eigenvalue weighted by Crippen LogP contribution is 2.40. The molecule has 0 amide bonds. The van der Waals surface area contributed by atoms with Crippen LogP contribution < -0.4 is 5.32 Å². The van der Waals surface area contributed by atoms with Gasteiger partial charge in [0.1, 0.15) is 0 Å². The second-order valence-electron chi connectivity index (χ2n) is 5.24. The minimum Gasteiger partial charge on any atom is -0.349 e. The van der Waals surface area contributed by atoms with Crippen LogP contribution in [0.1, 0.15) is 30.0 Å². The number of nitrogens with zero attached hydrogens (tertiary/aromatic N) is 3. The average Bonchev–Trinajstić information content (AvgIpc) is 2.94. The van der Waals surface area contributed by atoms with Crippen LogP contribution >= 0.6 is 0 Å². The molecule has 1 saturated carbocycles. The zero-order chi connectivity index (χ0) is 12.5. The fourth-order valence-electron chi connectivity index (χ4n) is 2.61. The first-order valence-electron chi connectivity index (χ1n) is 6.57. The SMILES string of the molecule is CNC(c1ccn(Cc2cnn(C)c2)c1)C1CC1. The van der Waals surface area contributed by atoms with Gasteiger partial charge in [-0.05, 0) is 37.4 Å². The van der Waals surface area contributed by atoms with E-state index in [0.717, 1.165) is 12.5 Å². The number of aryl methyl sites for hydroxylation is 1. The standard InChI is InChI=1S/C14H20N4/c1-15-14(12-3-4-12)13-5-6-18(10-13)9-11-7-16-17(2)8-11/h5-8,10,12,14-15H,3-4,9H2,1-2H3. The van der Waals surface area contributed by atoms with Crippen molar-refractivity contribution in [2.24, 2.45) is 13.0 Å². The van der Waals surface area contributed by atoms with Crippen molar-refractivity contribution in [3.63, 3.8) is 0 Å². The Morgan fingerprint density at radius 2 is 2.28 bits per heavy atom. The van der Waals surface area contributed by atoms with E-state index in [1.165, 1.54) is 24.0 Å². The second kappa shape index (κ2) is 4.61. The van der Waals surface area contributed by atoms with E-state index in [2.05, 4.69) is 46.7 Å². The molecule has 1 N–H and O–H groups in total. The quantitative estimate of drug-likeness (QED) is 0.872. The van der Waals surface area contributed by atoms with Crippen LogP contribution in [0.4, 0.5) is 0 Å². The molecule has 3 rings (SSSR count). The van der Waals surface area contributed by atoms with Gasteiger partial charge in [-0.1, -0.05) is 0 Å². The molecule has 2 aromatic rings. The van der Waals surface area contributed by atoms with Gasteiger partial charge in [0.05, 0.1) is 12.7 Å². The summed E-state index contributed by atoms with van der Waals surface area (Å²) in [6.07, 6.45) is 11.1. The average molecular weight is 244 g/mol. The lowest BCUT2D eigenvalue weighted by molar-refractivity contribution is 0.528. The Kier molecular flexibility index (Phi) is 2.96. The third kappa shape index (κ3) is 2.34. The van der Waals surface area contributed by atoms with E-state index < -0.39 is 0 Å². The smallest absolute Gasteiger partial charge is 0.0539 e. The van der Waals surface area contributed by atoms with Crippen molar-refractivity contribution >= 4 is 0 Å². The van der Waals surface area contributed by atoms with Crippen LogP contribution in [0.5, 0.6) is 0 Å². The van der Waals surface area contributed by atoms with Crippen molar-refractivity contribution in [2.75, 3.05) is 7.05 Å². The minimum absolute atomic E-state index is 0.528. The summed E-state index contributed by atoms with van der Waals surface area (Å²) in [4.78, 5) is 0. The van der Waals surface area contributed by atoms with E-state index in [-0.39, 0.29) is 0 Å². The van der Waals surface area contributed by atoms with Gasteiger partial charge in [0.2, 0.25) is 0 Å². The molecule has 2 aromatic heterocycles. The first-order chi connectivity index (χ1) is 8.76. The highest BCUT2D eigenvalue weighted by atomic mass is 15.2. The zero-order valence-electron chi connectivity index (χ0n) is 11.0. The Bertz CT molecular complexity index is 521. The molecule has 18 heavy (non-hydrogen) atoms. The maximum Gasteiger partial charge on any atom is 0.0539 e. The molecule has 4 heteroatoms. The first-order valence-corrected chi connectivity index (χ1v) is 6.57. The zero-order valence-corrected chi connectivity index (χ0v) is 11.0. The summed E-state index contributed by atoms with van der Waals surface area (Å²) in [5, 5.41) is 7.63. The van der Waals surface area contributed by atoms with E-state index in [0.29, 0.717) is 6.04 Å². The maximum atomic E-state index is 4.20. The van der Waals surface area contributed by atoms with Gasteiger partial charge in [-0.2, -0.15) is 5.10 Å². The third-order valence-corrected chi connectivity index (χ3v) is 3.66. The third-order valence-electron chi connectivity index (χ3n) is 3.66. The van der Waals surface area contributed by atoms with Gasteiger partial charge in [-0.25, -0.2) is 0 Å². The van der Waals surface area contributed by atoms with Crippen LogP contribution in [-0.4, -0.2) is 21.4 Å². The van der Waals surface area contributed by atoms with Crippen molar-refractivity contribution in [1.82, 2.24) is 19.7 Å². The van der Waals surface area contributed by atoms with Gasteiger partial charge in [-0.3, -0.25) is 4.68 Å². The van der Waals surface area contributed by atoms with Gasteiger partial charge < -0.3 is 9.88 Å². The van der Waals surface area contributed by atoms with E-state index in [1.807, 2.05) is 17.9 Å². The van der Waals surface area contributed by atoms with Crippen molar-refractivity contribution in [3.8, 4) is 0 Å². The molecular formula is C14H20N4. The van der Waals surface area contributed by atoms with Gasteiger partial charge in [0.15, 0.2) is 0 Å². The Labute approximate surface area is 108 Å². The summed E-state index contributed by atoms with van der Waals surface area (Å²) in [5.74, 6) is 0.837. The topological polar surface area (TPSA) is 34.8 Å². The number of hydrogen-bond acceptors (Lipinski definition) is 2. The molecule has 1 fully saturated rings. The lowest BCUT2D eigenvalue weighted by Gasteiger charge is -2.13. The van der Waals surface area contributed by atoms with Crippen LogP contribution in [0.2, 0.25) is 0 Å². The Morgan fingerprint density at radius 3 is 2.89 bits per heavy atom. The number of aromatic nitrogens is 3. The molecule has 4 nitrogen and oxygen atoms in total. The molecule has 2 heterocycles. The van der Waals surface area contributed by atoms with Crippen molar-refractivity contribution in [1.29, 1.82) is 0 Å². The van der Waals surface area contributed by atoms with Gasteiger partial charge in [0, 0.05) is 37.2 Å². The highest BCUT2D eigenvalue weighted by Gasteiger charge is 2.31. The summed E-state index contributed by atoms with van der Waals surface area (Å²) in [7, 11) is 4.01. The van der Waals surface area contributed by atoms with E-state index >= 15 is 0 Å². The molecule has 1 unspecified atom stereocenters. The molecule has 0 radical (unpaired) electrons. The van der Waals surface area contributed by atoms with Crippen LogP contribution in [0.15, 0.2) is 30.9 Å². The molecule has 0 aromatic carbocycles. The second-order valence-corrected chi connectivity index (χ2v) is 5.24. The molecule has 1 aliphatic carbocycles. The van der Waals surface area contributed by atoms with Crippen molar-refractivity contribution in [2.45, 2.75) is 25.4 Å². The molecule has 1 atom stereocenters. The van der Waals surface area contributed by atoms with E-state index in [1.54, 1.807) is 0 Å². The number of rotatable bonds is 5. The van der Waals surface area contributed by atoms with Crippen molar-refractivity contribution in [3.05, 3.63) is 42.0 Å². The first kappa shape index (κ1) is 11.5. The number of hydrogen-bond donors (Lipinski definition) is 1. The highest BCUT2D eigenvalue weighted by molar-refractivity contribution is 5.19. The summed E-state index contributed by atoms with van der Waals surface area (Å²) < 4.78 is 4.08. The van der Waals surface area contributed by atoms with Gasteiger partial charge in [-0.15, -0.1) is 0 Å². The summed E-state index contributed by atoms with van der Waals surface area (Å²) in [6, 6.07) is 2.76. The van der Waals surface area contributed by atoms with Crippen LogP contribution in [0.3, 0.4) is 0 Å². The maximum absolute atomic E-state index is 4.20. The van der Waals surface area contributed by atoms with E-state index in [4.69, 9.17) is 0 Å². The largest absolute Gasteiger partial charge is 0.349 e. The van der Waals surface area contributed by atoms with Gasteiger partial charge >= 0.3 is 0 Å². The van der Waals surface area contributed by atoms with Crippen LogP contribution in [0.25, 0.3) is 0 Å². The Hall–Kier alpha value is -1.55. The lowest BCUT2D eigenvalue weighted by atomic mass is 10.1. The normalized spacial score (nSPS) is 17.0. The fraction of sp³-hybridized carbons (Fsp3) is 0.500. The molecule has 0 saturated heterocycles. The molecule has 0 aliphatic heterocycles. The predicted octanol–water partition coefficient (Wildman–Crippen LogP) is 1.94. The Balaban J connectivity index is 1.72. The van der Waals surface area contributed by atoms with E-state index in [9.17, 15) is 0 Å². The molecule has 1 aliphatic rings. The lowest BCUT2D eigenvalue weighted by Crippen LogP contribution is -2.17. The summed E-state index contributed by atoms with van der Waals surface area (Å²) in [6.45, 7) is 0.898. The van der Waals surface area contributed by atoms with Gasteiger partial charge in [0.25, 0.3) is 0 Å². The summed E-state index contributed by atoms with van der Waals surface area (Å²) in [5.41, 5.74) is 2.65. The predicted molar refractivity (Wildman–Crippen MR) is 71.3 cm³/mol. The fourth-order valence-corrected chi connectivity index (χ4v) is 2.61. The monoisotopic (exact) mass is 244 g/mol. The molecule has 96 valence electrons. The minimum atomic E-state index is 0.528. The molecular weight excluding hydrogens is 224 g/mol. The summed E-state index contributed by atoms with van der Waals surface area (Å²) >= 11 is 0. The Morgan fingerprint density at radius 1 is 1.44 bits per heavy atom. The number of nitrogens with one attached hydrogen (secondary N) is 1.